The number of alkyl halides is 1. The quantitative estimate of drug-likeness (QED) is 0.671. The maximum Gasteiger partial charge on any atom is 0.109 e. The minimum Gasteiger partial charge on any atom is -0.322 e. The number of hydrogen-bond acceptors (Lipinski definition) is 2. The molecule has 0 aromatic rings. The monoisotopic (exact) mass is 172 g/mol. The first-order chi connectivity index (χ1) is 5.73. The maximum absolute atomic E-state index is 12.6. The molecule has 0 bridgehead atoms. The van der Waals surface area contributed by atoms with Gasteiger partial charge in [0.1, 0.15) is 6.67 Å². The molecule has 0 aromatic carbocycles. The van der Waals surface area contributed by atoms with Gasteiger partial charge in [-0.1, -0.05) is 0 Å². The van der Waals surface area contributed by atoms with Crippen molar-refractivity contribution < 1.29 is 4.39 Å². The van der Waals surface area contributed by atoms with E-state index in [-0.39, 0.29) is 6.67 Å². The van der Waals surface area contributed by atoms with E-state index in [1.165, 1.54) is 12.8 Å². The zero-order valence-electron chi connectivity index (χ0n) is 7.43. The summed E-state index contributed by atoms with van der Waals surface area (Å²) < 4.78 is 12.6. The van der Waals surface area contributed by atoms with E-state index in [4.69, 9.17) is 5.73 Å². The fourth-order valence-corrected chi connectivity index (χ4v) is 2.06. The minimum absolute atomic E-state index is 0.365. The summed E-state index contributed by atoms with van der Waals surface area (Å²) in [5.74, 6) is 0. The molecule has 1 saturated carbocycles. The number of halogens is 1. The van der Waals surface area contributed by atoms with Gasteiger partial charge in [0.15, 0.2) is 0 Å². The highest BCUT2D eigenvalue weighted by atomic mass is 19.1. The lowest BCUT2D eigenvalue weighted by Gasteiger charge is -2.38. The van der Waals surface area contributed by atoms with Gasteiger partial charge in [-0.15, -0.1) is 0 Å². The molecular weight excluding hydrogens is 155 g/mol. The van der Waals surface area contributed by atoms with Crippen LogP contribution in [0, 0.1) is 0 Å². The minimum atomic E-state index is -0.527. The third-order valence-electron chi connectivity index (χ3n) is 2.97. The van der Waals surface area contributed by atoms with Crippen LogP contribution in [0.15, 0.2) is 0 Å². The topological polar surface area (TPSA) is 29.3 Å². The van der Waals surface area contributed by atoms with Crippen LogP contribution in [-0.4, -0.2) is 36.2 Å². The second-order valence-electron chi connectivity index (χ2n) is 4.30. The Balaban J connectivity index is 1.93. The molecule has 0 amide bonds. The Bertz CT molecular complexity index is 170. The smallest absolute Gasteiger partial charge is 0.109 e. The van der Waals surface area contributed by atoms with Gasteiger partial charge < -0.3 is 5.73 Å². The van der Waals surface area contributed by atoms with Crippen LogP contribution in [0.3, 0.4) is 0 Å². The van der Waals surface area contributed by atoms with Crippen LogP contribution >= 0.6 is 0 Å². The lowest BCUT2D eigenvalue weighted by atomic mass is 9.91. The Labute approximate surface area is 72.9 Å². The van der Waals surface area contributed by atoms with E-state index in [2.05, 4.69) is 4.90 Å². The van der Waals surface area contributed by atoms with Crippen molar-refractivity contribution >= 4 is 0 Å². The van der Waals surface area contributed by atoms with Gasteiger partial charge in [0.2, 0.25) is 0 Å². The lowest BCUT2D eigenvalue weighted by molar-refractivity contribution is 0.121. The van der Waals surface area contributed by atoms with Crippen molar-refractivity contribution in [3.8, 4) is 0 Å². The second-order valence-corrected chi connectivity index (χ2v) is 4.30. The van der Waals surface area contributed by atoms with Gasteiger partial charge in [-0.2, -0.15) is 0 Å². The molecule has 2 fully saturated rings. The number of piperidine rings is 1. The normalized spacial score (nSPS) is 38.5. The molecule has 1 unspecified atom stereocenters. The molecular formula is C9H17FN2. The Morgan fingerprint density at radius 2 is 2.25 bits per heavy atom. The molecule has 1 aliphatic carbocycles. The van der Waals surface area contributed by atoms with Gasteiger partial charge in [0, 0.05) is 12.6 Å². The molecule has 12 heavy (non-hydrogen) atoms. The summed E-state index contributed by atoms with van der Waals surface area (Å²) in [6.07, 6.45) is 4.51. The van der Waals surface area contributed by atoms with E-state index in [1.54, 1.807) is 0 Å². The molecule has 0 aromatic heterocycles. The molecule has 1 heterocycles. The Kier molecular flexibility index (Phi) is 2.09. The molecule has 1 saturated heterocycles. The van der Waals surface area contributed by atoms with Crippen molar-refractivity contribution in [2.45, 2.75) is 37.3 Å². The van der Waals surface area contributed by atoms with E-state index < -0.39 is 5.54 Å². The predicted molar refractivity (Wildman–Crippen MR) is 46.7 cm³/mol. The fourth-order valence-electron chi connectivity index (χ4n) is 2.06. The van der Waals surface area contributed by atoms with Crippen LogP contribution in [0.1, 0.15) is 25.7 Å². The summed E-state index contributed by atoms with van der Waals surface area (Å²) in [5.41, 5.74) is 5.37. The third kappa shape index (κ3) is 1.62. The van der Waals surface area contributed by atoms with Crippen molar-refractivity contribution in [1.82, 2.24) is 4.90 Å². The Hall–Kier alpha value is -0.150. The number of likely N-dealkylation sites (tertiary alicyclic amines) is 1. The summed E-state index contributed by atoms with van der Waals surface area (Å²) in [7, 11) is 0. The van der Waals surface area contributed by atoms with Crippen LogP contribution in [0.5, 0.6) is 0 Å². The third-order valence-corrected chi connectivity index (χ3v) is 2.97. The van der Waals surface area contributed by atoms with E-state index >= 15 is 0 Å². The van der Waals surface area contributed by atoms with Crippen LogP contribution in [0.25, 0.3) is 0 Å². The maximum atomic E-state index is 12.6. The zero-order chi connectivity index (χ0) is 8.60. The summed E-state index contributed by atoms with van der Waals surface area (Å²) in [6.45, 7) is 1.54. The average Bonchev–Trinajstić information content (AvgIpc) is 2.87. The van der Waals surface area contributed by atoms with Gasteiger partial charge in [-0.25, -0.2) is 4.39 Å². The van der Waals surface area contributed by atoms with Crippen LogP contribution in [0.2, 0.25) is 0 Å². The lowest BCUT2D eigenvalue weighted by Crippen LogP contribution is -2.56. The molecule has 0 radical (unpaired) electrons. The molecule has 1 aliphatic heterocycles. The standard InChI is InChI=1S/C9H17FN2/c10-6-9(11)4-1-5-12(7-9)8-2-3-8/h8H,1-7,11H2. The molecule has 2 aliphatic rings. The van der Waals surface area contributed by atoms with E-state index in [9.17, 15) is 4.39 Å². The Morgan fingerprint density at radius 1 is 1.50 bits per heavy atom. The number of rotatable bonds is 2. The van der Waals surface area contributed by atoms with Gasteiger partial charge in [0.05, 0.1) is 5.54 Å². The van der Waals surface area contributed by atoms with Crippen molar-refractivity contribution in [1.29, 1.82) is 0 Å². The summed E-state index contributed by atoms with van der Waals surface area (Å²) in [4.78, 5) is 2.36. The van der Waals surface area contributed by atoms with Gasteiger partial charge in [-0.3, -0.25) is 4.90 Å². The van der Waals surface area contributed by atoms with Gasteiger partial charge >= 0.3 is 0 Å². The average molecular weight is 172 g/mol. The fraction of sp³-hybridized carbons (Fsp3) is 1.00. The van der Waals surface area contributed by atoms with Crippen molar-refractivity contribution in [3.05, 3.63) is 0 Å². The van der Waals surface area contributed by atoms with E-state index in [0.29, 0.717) is 0 Å². The second kappa shape index (κ2) is 2.96. The molecule has 0 spiro atoms. The first kappa shape index (κ1) is 8.45. The molecule has 2 nitrogen and oxygen atoms in total. The van der Waals surface area contributed by atoms with Crippen molar-refractivity contribution in [2.24, 2.45) is 5.73 Å². The first-order valence-electron chi connectivity index (χ1n) is 4.82. The van der Waals surface area contributed by atoms with E-state index in [1.807, 2.05) is 0 Å². The predicted octanol–water partition coefficient (Wildman–Crippen LogP) is 0.912. The summed E-state index contributed by atoms with van der Waals surface area (Å²) in [6, 6.07) is 0.736. The Morgan fingerprint density at radius 3 is 2.83 bits per heavy atom. The largest absolute Gasteiger partial charge is 0.322 e. The highest BCUT2D eigenvalue weighted by Crippen LogP contribution is 2.31. The molecule has 70 valence electrons. The van der Waals surface area contributed by atoms with Crippen LogP contribution < -0.4 is 5.73 Å². The number of nitrogens with two attached hydrogens (primary N) is 1. The molecule has 3 heteroatoms. The number of nitrogens with zero attached hydrogens (tertiary/aromatic N) is 1. The van der Waals surface area contributed by atoms with E-state index in [0.717, 1.165) is 32.0 Å². The van der Waals surface area contributed by atoms with Crippen LogP contribution in [-0.2, 0) is 0 Å². The molecule has 2 N–H and O–H groups in total. The number of hydrogen-bond donors (Lipinski definition) is 1. The summed E-state index contributed by atoms with van der Waals surface area (Å²) in [5, 5.41) is 0. The SMILES string of the molecule is NC1(CF)CCCN(C2CC2)C1. The molecule has 2 rings (SSSR count). The van der Waals surface area contributed by atoms with Crippen molar-refractivity contribution in [2.75, 3.05) is 19.8 Å². The van der Waals surface area contributed by atoms with Crippen molar-refractivity contribution in [3.63, 3.8) is 0 Å². The molecule has 1 atom stereocenters. The summed E-state index contributed by atoms with van der Waals surface area (Å²) >= 11 is 0. The van der Waals surface area contributed by atoms with Gasteiger partial charge in [-0.05, 0) is 32.2 Å². The first-order valence-corrected chi connectivity index (χ1v) is 4.82. The highest BCUT2D eigenvalue weighted by molar-refractivity contribution is 4.96. The zero-order valence-corrected chi connectivity index (χ0v) is 7.43. The highest BCUT2D eigenvalue weighted by Gasteiger charge is 2.38. The van der Waals surface area contributed by atoms with Gasteiger partial charge in [0.25, 0.3) is 0 Å². The van der Waals surface area contributed by atoms with Crippen LogP contribution in [0.4, 0.5) is 4.39 Å².